The molecule has 0 aliphatic heterocycles. The first kappa shape index (κ1) is 13.3. The summed E-state index contributed by atoms with van der Waals surface area (Å²) in [7, 11) is 0. The van der Waals surface area contributed by atoms with E-state index in [0.717, 1.165) is 0 Å². The van der Waals surface area contributed by atoms with Gasteiger partial charge in [0.05, 0.1) is 5.56 Å². The molecule has 1 radical (unpaired) electrons. The van der Waals surface area contributed by atoms with Crippen LogP contribution in [0.2, 0.25) is 0 Å². The SMILES string of the molecule is O=C(Nc1ccccc1)c1ccccc1O.[Cr+3]. The molecule has 2 aromatic rings. The standard InChI is InChI=1S/C13H11NO2.Cr/c15-12-9-5-4-8-11(12)13(16)14-10-6-2-1-3-7-10;/h1-9,15H,(H,14,16);/q;+3. The van der Waals surface area contributed by atoms with Gasteiger partial charge in [-0.05, 0) is 24.3 Å². The number of carbonyl (C=O) groups excluding carboxylic acids is 1. The van der Waals surface area contributed by atoms with Gasteiger partial charge in [0.2, 0.25) is 0 Å². The van der Waals surface area contributed by atoms with E-state index in [1.165, 1.54) is 6.07 Å². The molecular formula is C13H11CrNO2+3. The molecule has 0 heterocycles. The van der Waals surface area contributed by atoms with E-state index >= 15 is 0 Å². The molecule has 17 heavy (non-hydrogen) atoms. The summed E-state index contributed by atoms with van der Waals surface area (Å²) in [5, 5.41) is 12.2. The van der Waals surface area contributed by atoms with E-state index in [1.54, 1.807) is 30.3 Å². The molecule has 0 bridgehead atoms. The van der Waals surface area contributed by atoms with Gasteiger partial charge in [-0.15, -0.1) is 0 Å². The fourth-order valence-electron chi connectivity index (χ4n) is 1.39. The summed E-state index contributed by atoms with van der Waals surface area (Å²) in [6.07, 6.45) is 0. The van der Waals surface area contributed by atoms with Crippen LogP contribution in [0.3, 0.4) is 0 Å². The molecule has 0 saturated carbocycles. The molecule has 0 saturated heterocycles. The summed E-state index contributed by atoms with van der Waals surface area (Å²) >= 11 is 0. The quantitative estimate of drug-likeness (QED) is 0.877. The predicted molar refractivity (Wildman–Crippen MR) is 62.5 cm³/mol. The van der Waals surface area contributed by atoms with Crippen molar-refractivity contribution in [1.29, 1.82) is 0 Å². The number of rotatable bonds is 2. The minimum Gasteiger partial charge on any atom is -0.507 e. The molecule has 2 N–H and O–H groups in total. The predicted octanol–water partition coefficient (Wildman–Crippen LogP) is 2.64. The number of hydrogen-bond acceptors (Lipinski definition) is 2. The molecule has 1 amide bonds. The van der Waals surface area contributed by atoms with Crippen molar-refractivity contribution < 1.29 is 27.3 Å². The molecule has 2 rings (SSSR count). The molecule has 0 aliphatic rings. The molecule has 0 aliphatic carbocycles. The summed E-state index contributed by atoms with van der Waals surface area (Å²) < 4.78 is 0. The van der Waals surface area contributed by atoms with Gasteiger partial charge in [0.15, 0.2) is 0 Å². The van der Waals surface area contributed by atoms with Crippen LogP contribution in [0.1, 0.15) is 10.4 Å². The Bertz CT molecular complexity index is 500. The number of nitrogens with one attached hydrogen (secondary N) is 1. The zero-order valence-electron chi connectivity index (χ0n) is 8.96. The molecule has 0 spiro atoms. The van der Waals surface area contributed by atoms with Crippen molar-refractivity contribution in [2.75, 3.05) is 5.32 Å². The van der Waals surface area contributed by atoms with Gasteiger partial charge in [0.1, 0.15) is 5.75 Å². The van der Waals surface area contributed by atoms with Crippen LogP contribution in [0, 0.1) is 0 Å². The van der Waals surface area contributed by atoms with Crippen LogP contribution in [-0.2, 0) is 17.4 Å². The number of phenolic OH excluding ortho intramolecular Hbond substituents is 1. The number of benzene rings is 2. The Morgan fingerprint density at radius 1 is 0.941 bits per heavy atom. The average Bonchev–Trinajstić information content (AvgIpc) is 2.31. The van der Waals surface area contributed by atoms with Gasteiger partial charge in [-0.1, -0.05) is 30.3 Å². The summed E-state index contributed by atoms with van der Waals surface area (Å²) in [5.74, 6) is -0.333. The minimum absolute atomic E-state index is 0. The summed E-state index contributed by atoms with van der Waals surface area (Å²) in [5.41, 5.74) is 0.974. The van der Waals surface area contributed by atoms with Gasteiger partial charge in [0.25, 0.3) is 5.91 Å². The normalized spacial score (nSPS) is 9.18. The summed E-state index contributed by atoms with van der Waals surface area (Å²) in [6.45, 7) is 0. The molecule has 0 aromatic heterocycles. The fraction of sp³-hybridized carbons (Fsp3) is 0. The number of phenols is 1. The van der Waals surface area contributed by atoms with E-state index < -0.39 is 0 Å². The van der Waals surface area contributed by atoms with Gasteiger partial charge in [-0.3, -0.25) is 4.79 Å². The third-order valence-corrected chi connectivity index (χ3v) is 2.18. The summed E-state index contributed by atoms with van der Waals surface area (Å²) in [4.78, 5) is 11.8. The third kappa shape index (κ3) is 3.35. The molecule has 3 nitrogen and oxygen atoms in total. The van der Waals surface area contributed by atoms with Crippen molar-refractivity contribution in [3.8, 4) is 5.75 Å². The third-order valence-electron chi connectivity index (χ3n) is 2.18. The Kier molecular flexibility index (Phi) is 4.77. The Labute approximate surface area is 110 Å². The van der Waals surface area contributed by atoms with E-state index in [0.29, 0.717) is 5.69 Å². The Balaban J connectivity index is 0.00000144. The number of para-hydroxylation sites is 2. The smallest absolute Gasteiger partial charge is 0.507 e. The van der Waals surface area contributed by atoms with Gasteiger partial charge >= 0.3 is 17.4 Å². The maximum Gasteiger partial charge on any atom is 3.00 e. The number of anilines is 1. The first-order chi connectivity index (χ1) is 7.77. The maximum atomic E-state index is 11.8. The summed E-state index contributed by atoms with van der Waals surface area (Å²) in [6, 6.07) is 15.6. The Hall–Kier alpha value is -1.76. The van der Waals surface area contributed by atoms with Crippen LogP contribution < -0.4 is 5.32 Å². The second kappa shape index (κ2) is 6.10. The van der Waals surface area contributed by atoms with Crippen LogP contribution in [0.25, 0.3) is 0 Å². The second-order valence-electron chi connectivity index (χ2n) is 3.34. The molecule has 83 valence electrons. The van der Waals surface area contributed by atoms with E-state index in [9.17, 15) is 9.90 Å². The van der Waals surface area contributed by atoms with Crippen molar-refractivity contribution >= 4 is 11.6 Å². The van der Waals surface area contributed by atoms with Gasteiger partial charge in [-0.25, -0.2) is 0 Å². The second-order valence-corrected chi connectivity index (χ2v) is 3.34. The number of amides is 1. The van der Waals surface area contributed by atoms with Crippen LogP contribution in [0.4, 0.5) is 5.69 Å². The number of carbonyl (C=O) groups is 1. The van der Waals surface area contributed by atoms with Gasteiger partial charge in [0, 0.05) is 5.69 Å². The van der Waals surface area contributed by atoms with Gasteiger partial charge < -0.3 is 10.4 Å². The molecular weight excluding hydrogens is 254 g/mol. The molecule has 0 unspecified atom stereocenters. The topological polar surface area (TPSA) is 49.3 Å². The van der Waals surface area contributed by atoms with Crippen molar-refractivity contribution in [3.05, 3.63) is 60.2 Å². The van der Waals surface area contributed by atoms with Crippen LogP contribution in [0.5, 0.6) is 5.75 Å². The van der Waals surface area contributed by atoms with E-state index in [1.807, 2.05) is 18.2 Å². The number of aromatic hydroxyl groups is 1. The average molecular weight is 265 g/mol. The van der Waals surface area contributed by atoms with Crippen molar-refractivity contribution in [2.24, 2.45) is 0 Å². The molecule has 0 fully saturated rings. The molecule has 4 heteroatoms. The van der Waals surface area contributed by atoms with Gasteiger partial charge in [-0.2, -0.15) is 0 Å². The largest absolute Gasteiger partial charge is 3.00 e. The Morgan fingerprint density at radius 2 is 1.53 bits per heavy atom. The van der Waals surface area contributed by atoms with Crippen molar-refractivity contribution in [3.63, 3.8) is 0 Å². The molecule has 2 aromatic carbocycles. The Morgan fingerprint density at radius 3 is 2.18 bits per heavy atom. The zero-order chi connectivity index (χ0) is 11.4. The fourth-order valence-corrected chi connectivity index (χ4v) is 1.39. The van der Waals surface area contributed by atoms with E-state index in [-0.39, 0.29) is 34.6 Å². The van der Waals surface area contributed by atoms with Crippen LogP contribution in [0.15, 0.2) is 54.6 Å². The first-order valence-electron chi connectivity index (χ1n) is 4.92. The maximum absolute atomic E-state index is 11.8. The van der Waals surface area contributed by atoms with Crippen LogP contribution in [-0.4, -0.2) is 11.0 Å². The monoisotopic (exact) mass is 265 g/mol. The van der Waals surface area contributed by atoms with Crippen molar-refractivity contribution in [1.82, 2.24) is 0 Å². The molecule has 0 atom stereocenters. The first-order valence-corrected chi connectivity index (χ1v) is 4.92. The zero-order valence-corrected chi connectivity index (χ0v) is 10.2. The van der Waals surface area contributed by atoms with E-state index in [2.05, 4.69) is 5.32 Å². The van der Waals surface area contributed by atoms with Crippen molar-refractivity contribution in [2.45, 2.75) is 0 Å². The minimum atomic E-state index is -0.315. The van der Waals surface area contributed by atoms with Crippen LogP contribution >= 0.6 is 0 Å². The van der Waals surface area contributed by atoms with E-state index in [4.69, 9.17) is 0 Å². The number of hydrogen-bond donors (Lipinski definition) is 2.